The van der Waals surface area contributed by atoms with E-state index in [1.807, 2.05) is 6.07 Å². The van der Waals surface area contributed by atoms with E-state index in [1.165, 1.54) is 0 Å². The number of aliphatic hydroxyl groups is 1. The zero-order valence-electron chi connectivity index (χ0n) is 6.37. The van der Waals surface area contributed by atoms with Gasteiger partial charge in [-0.15, -0.1) is 0 Å². The highest BCUT2D eigenvalue weighted by molar-refractivity contribution is 9.09. The van der Waals surface area contributed by atoms with Gasteiger partial charge in [0.05, 0.1) is 17.7 Å². The summed E-state index contributed by atoms with van der Waals surface area (Å²) >= 11 is 3.17. The zero-order chi connectivity index (χ0) is 8.97. The van der Waals surface area contributed by atoms with E-state index in [0.717, 1.165) is 5.56 Å². The molecule has 0 saturated heterocycles. The fourth-order valence-corrected chi connectivity index (χ4v) is 1.24. The largest absolute Gasteiger partial charge is 0.388 e. The molecule has 1 aromatic carbocycles. The van der Waals surface area contributed by atoms with Crippen molar-refractivity contribution in [1.82, 2.24) is 0 Å². The Labute approximate surface area is 79.6 Å². The number of alkyl halides is 1. The number of nitrogens with zero attached hydrogens (tertiary/aromatic N) is 1. The van der Waals surface area contributed by atoms with Crippen molar-refractivity contribution >= 4 is 15.9 Å². The standard InChI is InChI=1S/C9H8BrNO/c10-5-9(12)8-3-1-7(6-11)2-4-8/h1-4,9,12H,5H2. The van der Waals surface area contributed by atoms with Crippen molar-refractivity contribution in [3.05, 3.63) is 35.4 Å². The molecule has 12 heavy (non-hydrogen) atoms. The van der Waals surface area contributed by atoms with Crippen molar-refractivity contribution in [2.75, 3.05) is 5.33 Å². The minimum Gasteiger partial charge on any atom is -0.388 e. The van der Waals surface area contributed by atoms with Crippen molar-refractivity contribution in [3.8, 4) is 6.07 Å². The Kier molecular flexibility index (Phi) is 3.27. The van der Waals surface area contributed by atoms with E-state index in [4.69, 9.17) is 5.26 Å². The summed E-state index contributed by atoms with van der Waals surface area (Å²) in [7, 11) is 0. The zero-order valence-corrected chi connectivity index (χ0v) is 7.95. The third kappa shape index (κ3) is 2.07. The van der Waals surface area contributed by atoms with Crippen LogP contribution in [0, 0.1) is 11.3 Å². The van der Waals surface area contributed by atoms with Gasteiger partial charge in [0.2, 0.25) is 0 Å². The Morgan fingerprint density at radius 2 is 2.00 bits per heavy atom. The van der Waals surface area contributed by atoms with Crippen LogP contribution in [-0.2, 0) is 0 Å². The second-order valence-corrected chi connectivity index (χ2v) is 3.05. The third-order valence-corrected chi connectivity index (χ3v) is 2.18. The number of nitriles is 1. The lowest BCUT2D eigenvalue weighted by atomic mass is 10.1. The van der Waals surface area contributed by atoms with E-state index in [-0.39, 0.29) is 0 Å². The SMILES string of the molecule is N#Cc1ccc(C(O)CBr)cc1. The molecule has 1 aromatic rings. The van der Waals surface area contributed by atoms with Gasteiger partial charge in [0.25, 0.3) is 0 Å². The highest BCUT2D eigenvalue weighted by Gasteiger charge is 2.03. The lowest BCUT2D eigenvalue weighted by Crippen LogP contribution is -1.97. The van der Waals surface area contributed by atoms with Gasteiger partial charge < -0.3 is 5.11 Å². The lowest BCUT2D eigenvalue weighted by molar-refractivity contribution is 0.205. The van der Waals surface area contributed by atoms with Gasteiger partial charge in [-0.05, 0) is 17.7 Å². The van der Waals surface area contributed by atoms with Gasteiger partial charge in [0.15, 0.2) is 0 Å². The number of hydrogen-bond donors (Lipinski definition) is 1. The molecule has 0 spiro atoms. The Balaban J connectivity index is 2.86. The monoisotopic (exact) mass is 225 g/mol. The second-order valence-electron chi connectivity index (χ2n) is 2.40. The van der Waals surface area contributed by atoms with Crippen LogP contribution >= 0.6 is 15.9 Å². The summed E-state index contributed by atoms with van der Waals surface area (Å²) in [5.41, 5.74) is 1.44. The molecule has 0 radical (unpaired) electrons. The Morgan fingerprint density at radius 3 is 2.42 bits per heavy atom. The Bertz CT molecular complexity index is 288. The van der Waals surface area contributed by atoms with Crippen LogP contribution in [0.1, 0.15) is 17.2 Å². The molecule has 0 heterocycles. The first-order chi connectivity index (χ1) is 5.77. The van der Waals surface area contributed by atoms with Crippen LogP contribution in [0.15, 0.2) is 24.3 Å². The average Bonchev–Trinajstić information content (AvgIpc) is 2.17. The van der Waals surface area contributed by atoms with E-state index in [9.17, 15) is 5.11 Å². The number of aliphatic hydroxyl groups excluding tert-OH is 1. The molecular weight excluding hydrogens is 218 g/mol. The fourth-order valence-electron chi connectivity index (χ4n) is 0.869. The van der Waals surface area contributed by atoms with Crippen LogP contribution in [0.5, 0.6) is 0 Å². The molecule has 0 aromatic heterocycles. The van der Waals surface area contributed by atoms with Crippen molar-refractivity contribution in [3.63, 3.8) is 0 Å². The number of hydrogen-bond acceptors (Lipinski definition) is 2. The van der Waals surface area contributed by atoms with Gasteiger partial charge in [-0.25, -0.2) is 0 Å². The average molecular weight is 226 g/mol. The smallest absolute Gasteiger partial charge is 0.0991 e. The van der Waals surface area contributed by atoms with E-state index in [2.05, 4.69) is 15.9 Å². The van der Waals surface area contributed by atoms with Crippen LogP contribution in [0.3, 0.4) is 0 Å². The maximum atomic E-state index is 9.36. The summed E-state index contributed by atoms with van der Waals surface area (Å²) in [6.45, 7) is 0. The lowest BCUT2D eigenvalue weighted by Gasteiger charge is -2.05. The van der Waals surface area contributed by atoms with Crippen LogP contribution in [0.2, 0.25) is 0 Å². The fraction of sp³-hybridized carbons (Fsp3) is 0.222. The quantitative estimate of drug-likeness (QED) is 0.783. The maximum absolute atomic E-state index is 9.36. The maximum Gasteiger partial charge on any atom is 0.0991 e. The topological polar surface area (TPSA) is 44.0 Å². The van der Waals surface area contributed by atoms with E-state index >= 15 is 0 Å². The molecule has 0 saturated carbocycles. The molecule has 0 bridgehead atoms. The normalized spacial score (nSPS) is 12.1. The first-order valence-electron chi connectivity index (χ1n) is 3.52. The van der Waals surface area contributed by atoms with Gasteiger partial charge in [0.1, 0.15) is 0 Å². The first kappa shape index (κ1) is 9.24. The van der Waals surface area contributed by atoms with Gasteiger partial charge in [-0.3, -0.25) is 0 Å². The molecule has 0 aliphatic carbocycles. The molecule has 1 atom stereocenters. The summed E-state index contributed by atoms with van der Waals surface area (Å²) in [4.78, 5) is 0. The summed E-state index contributed by atoms with van der Waals surface area (Å²) in [6, 6.07) is 8.92. The molecule has 1 N–H and O–H groups in total. The highest BCUT2D eigenvalue weighted by atomic mass is 79.9. The summed E-state index contributed by atoms with van der Waals surface area (Å²) in [6.07, 6.45) is -0.488. The van der Waals surface area contributed by atoms with E-state index in [0.29, 0.717) is 10.9 Å². The molecule has 0 aliphatic rings. The number of halogens is 1. The predicted octanol–water partition coefficient (Wildman–Crippen LogP) is 1.99. The molecule has 0 aliphatic heterocycles. The molecule has 3 heteroatoms. The van der Waals surface area contributed by atoms with Gasteiger partial charge in [-0.1, -0.05) is 28.1 Å². The molecule has 1 unspecified atom stereocenters. The summed E-state index contributed by atoms with van der Waals surface area (Å²) in [5, 5.41) is 18.4. The second kappa shape index (κ2) is 4.24. The van der Waals surface area contributed by atoms with Gasteiger partial charge in [0, 0.05) is 5.33 Å². The molecule has 0 amide bonds. The number of rotatable bonds is 2. The van der Waals surface area contributed by atoms with Crippen LogP contribution in [-0.4, -0.2) is 10.4 Å². The van der Waals surface area contributed by atoms with Crippen molar-refractivity contribution < 1.29 is 5.11 Å². The minimum atomic E-state index is -0.488. The van der Waals surface area contributed by atoms with Gasteiger partial charge in [-0.2, -0.15) is 5.26 Å². The first-order valence-corrected chi connectivity index (χ1v) is 4.64. The molecule has 1 rings (SSSR count). The number of benzene rings is 1. The minimum absolute atomic E-state index is 0.488. The highest BCUT2D eigenvalue weighted by Crippen LogP contribution is 2.15. The van der Waals surface area contributed by atoms with E-state index < -0.39 is 6.10 Å². The predicted molar refractivity (Wildman–Crippen MR) is 49.9 cm³/mol. The Hall–Kier alpha value is -0.850. The van der Waals surface area contributed by atoms with Crippen LogP contribution in [0.4, 0.5) is 0 Å². The molecular formula is C9H8BrNO. The van der Waals surface area contributed by atoms with Crippen LogP contribution < -0.4 is 0 Å². The van der Waals surface area contributed by atoms with E-state index in [1.54, 1.807) is 24.3 Å². The van der Waals surface area contributed by atoms with Crippen molar-refractivity contribution in [1.29, 1.82) is 5.26 Å². The summed E-state index contributed by atoms with van der Waals surface area (Å²) < 4.78 is 0. The van der Waals surface area contributed by atoms with Gasteiger partial charge >= 0.3 is 0 Å². The summed E-state index contributed by atoms with van der Waals surface area (Å²) in [5.74, 6) is 0. The third-order valence-electron chi connectivity index (χ3n) is 1.57. The molecule has 0 fully saturated rings. The Morgan fingerprint density at radius 1 is 1.42 bits per heavy atom. The molecule has 62 valence electrons. The van der Waals surface area contributed by atoms with Crippen LogP contribution in [0.25, 0.3) is 0 Å². The van der Waals surface area contributed by atoms with Crippen molar-refractivity contribution in [2.24, 2.45) is 0 Å². The van der Waals surface area contributed by atoms with Crippen molar-refractivity contribution in [2.45, 2.75) is 6.10 Å². The molecule has 2 nitrogen and oxygen atoms in total.